The minimum atomic E-state index is 0.188. The van der Waals surface area contributed by atoms with Crippen LogP contribution in [0.15, 0.2) is 12.3 Å². The zero-order valence-electron chi connectivity index (χ0n) is 7.49. The van der Waals surface area contributed by atoms with Crippen molar-refractivity contribution in [3.63, 3.8) is 0 Å². The maximum absolute atomic E-state index is 5.00. The largest absolute Gasteiger partial charge is 0.473 e. The Bertz CT molecular complexity index is 130. The van der Waals surface area contributed by atoms with E-state index in [0.29, 0.717) is 6.10 Å². The van der Waals surface area contributed by atoms with Gasteiger partial charge in [-0.05, 0) is 31.8 Å². The van der Waals surface area contributed by atoms with Gasteiger partial charge in [0.25, 0.3) is 0 Å². The predicted molar refractivity (Wildman–Crippen MR) is 45.2 cm³/mol. The summed E-state index contributed by atoms with van der Waals surface area (Å²) in [7, 11) is 0. The first kappa shape index (κ1) is 9.55. The van der Waals surface area contributed by atoms with Crippen LogP contribution in [0.2, 0.25) is 0 Å². The second kappa shape index (κ2) is 6.03. The lowest BCUT2D eigenvalue weighted by Crippen LogP contribution is -2.21. The van der Waals surface area contributed by atoms with Crippen molar-refractivity contribution >= 4 is 0 Å². The highest BCUT2D eigenvalue weighted by atomic mass is 17.2. The van der Waals surface area contributed by atoms with Crippen molar-refractivity contribution in [1.82, 2.24) is 0 Å². The molecule has 0 heterocycles. The summed E-state index contributed by atoms with van der Waals surface area (Å²) in [4.78, 5) is 9.81. The molecular weight excluding hydrogens is 156 g/mol. The van der Waals surface area contributed by atoms with E-state index in [4.69, 9.17) is 14.5 Å². The van der Waals surface area contributed by atoms with Gasteiger partial charge in [0.1, 0.15) is 0 Å². The second-order valence-electron chi connectivity index (χ2n) is 2.83. The van der Waals surface area contributed by atoms with Gasteiger partial charge in [-0.2, -0.15) is 4.89 Å². The molecule has 0 bridgehead atoms. The highest BCUT2D eigenvalue weighted by Gasteiger charge is 2.18. The van der Waals surface area contributed by atoms with E-state index in [1.165, 1.54) is 6.42 Å². The molecule has 3 nitrogen and oxygen atoms in total. The van der Waals surface area contributed by atoms with Gasteiger partial charge in [0.15, 0.2) is 0 Å². The zero-order chi connectivity index (χ0) is 8.65. The van der Waals surface area contributed by atoms with Crippen LogP contribution in [-0.2, 0) is 14.5 Å². The predicted octanol–water partition coefficient (Wildman–Crippen LogP) is 2.38. The summed E-state index contributed by atoms with van der Waals surface area (Å²) in [6, 6.07) is 0. The van der Waals surface area contributed by atoms with Crippen molar-refractivity contribution in [2.75, 3.05) is 6.79 Å². The first-order chi connectivity index (χ1) is 5.93. The summed E-state index contributed by atoms with van der Waals surface area (Å²) in [6.07, 6.45) is 8.32. The van der Waals surface area contributed by atoms with E-state index in [1.54, 1.807) is 6.26 Å². The Labute approximate surface area is 73.2 Å². The summed E-state index contributed by atoms with van der Waals surface area (Å²) >= 11 is 0. The minimum absolute atomic E-state index is 0.188. The van der Waals surface area contributed by atoms with Gasteiger partial charge >= 0.3 is 0 Å². The highest BCUT2D eigenvalue weighted by Crippen LogP contribution is 2.21. The molecule has 1 saturated carbocycles. The molecule has 1 aliphatic rings. The quantitative estimate of drug-likeness (QED) is 0.202. The monoisotopic (exact) mass is 172 g/mol. The van der Waals surface area contributed by atoms with Gasteiger partial charge in [0.05, 0.1) is 12.4 Å². The normalized spacial score (nSPS) is 18.1. The molecule has 0 radical (unpaired) electrons. The number of hydrogen-bond acceptors (Lipinski definition) is 3. The average Bonchev–Trinajstić information content (AvgIpc) is 2.00. The van der Waals surface area contributed by atoms with E-state index in [2.05, 4.69) is 0 Å². The van der Waals surface area contributed by atoms with Crippen LogP contribution in [0.25, 0.3) is 0 Å². The fourth-order valence-electron chi connectivity index (χ4n) is 0.822. The summed E-state index contributed by atoms with van der Waals surface area (Å²) in [5, 5.41) is 0. The van der Waals surface area contributed by atoms with Crippen LogP contribution >= 0.6 is 0 Å². The zero-order valence-corrected chi connectivity index (χ0v) is 7.49. The third-order valence-electron chi connectivity index (χ3n) is 1.80. The molecule has 0 saturated heterocycles. The minimum Gasteiger partial charge on any atom is -0.473 e. The Hall–Kier alpha value is -0.540. The van der Waals surface area contributed by atoms with Gasteiger partial charge in [-0.15, -0.1) is 0 Å². The molecule has 3 heteroatoms. The van der Waals surface area contributed by atoms with E-state index in [0.717, 1.165) is 19.3 Å². The van der Waals surface area contributed by atoms with Gasteiger partial charge in [0, 0.05) is 0 Å². The van der Waals surface area contributed by atoms with E-state index in [-0.39, 0.29) is 6.79 Å². The summed E-state index contributed by atoms with van der Waals surface area (Å²) in [5.74, 6) is 0. The van der Waals surface area contributed by atoms with Crippen molar-refractivity contribution in [1.29, 1.82) is 0 Å². The Morgan fingerprint density at radius 3 is 2.83 bits per heavy atom. The number of allylic oxidation sites excluding steroid dienone is 1. The maximum Gasteiger partial charge on any atom is 0.220 e. The molecule has 70 valence electrons. The molecule has 0 aliphatic heterocycles. The van der Waals surface area contributed by atoms with E-state index >= 15 is 0 Å². The first-order valence-corrected chi connectivity index (χ1v) is 4.48. The van der Waals surface area contributed by atoms with Crippen LogP contribution in [0.4, 0.5) is 0 Å². The van der Waals surface area contributed by atoms with Crippen molar-refractivity contribution in [2.45, 2.75) is 38.7 Å². The molecule has 0 unspecified atom stereocenters. The standard InChI is InChI=1S/C9H16O3/c1-2-3-7-10-8-11-12-9-5-4-6-9/h3,7,9H,2,4-6,8H2,1H3. The Kier molecular flexibility index (Phi) is 4.80. The lowest BCUT2D eigenvalue weighted by Gasteiger charge is -2.23. The summed E-state index contributed by atoms with van der Waals surface area (Å²) < 4.78 is 4.97. The molecule has 0 amide bonds. The van der Waals surface area contributed by atoms with Crippen molar-refractivity contribution in [3.8, 4) is 0 Å². The SMILES string of the molecule is CCC=COCOOC1CCC1. The van der Waals surface area contributed by atoms with Crippen LogP contribution in [0.3, 0.4) is 0 Å². The van der Waals surface area contributed by atoms with Crippen molar-refractivity contribution in [3.05, 3.63) is 12.3 Å². The van der Waals surface area contributed by atoms with E-state index in [1.807, 2.05) is 13.0 Å². The molecule has 0 aromatic heterocycles. The molecule has 12 heavy (non-hydrogen) atoms. The molecule has 1 fully saturated rings. The molecule has 1 aliphatic carbocycles. The maximum atomic E-state index is 5.00. The number of rotatable bonds is 6. The lowest BCUT2D eigenvalue weighted by atomic mass is 9.97. The Balaban J connectivity index is 1.79. The summed E-state index contributed by atoms with van der Waals surface area (Å²) in [5.41, 5.74) is 0. The molecular formula is C9H16O3. The van der Waals surface area contributed by atoms with Gasteiger partial charge in [-0.1, -0.05) is 6.92 Å². The number of ether oxygens (including phenoxy) is 1. The molecule has 0 aromatic carbocycles. The smallest absolute Gasteiger partial charge is 0.220 e. The van der Waals surface area contributed by atoms with Crippen LogP contribution in [0.5, 0.6) is 0 Å². The third-order valence-corrected chi connectivity index (χ3v) is 1.80. The molecule has 0 spiro atoms. The Morgan fingerprint density at radius 1 is 1.42 bits per heavy atom. The van der Waals surface area contributed by atoms with E-state index in [9.17, 15) is 0 Å². The van der Waals surface area contributed by atoms with Crippen molar-refractivity contribution in [2.24, 2.45) is 0 Å². The van der Waals surface area contributed by atoms with Crippen LogP contribution in [0, 0.1) is 0 Å². The van der Waals surface area contributed by atoms with Gasteiger partial charge in [0.2, 0.25) is 6.79 Å². The van der Waals surface area contributed by atoms with Crippen molar-refractivity contribution < 1.29 is 14.5 Å². The van der Waals surface area contributed by atoms with E-state index < -0.39 is 0 Å². The van der Waals surface area contributed by atoms with Crippen LogP contribution in [0.1, 0.15) is 32.6 Å². The van der Waals surface area contributed by atoms with Crippen LogP contribution in [-0.4, -0.2) is 12.9 Å². The third kappa shape index (κ3) is 3.74. The Morgan fingerprint density at radius 2 is 2.25 bits per heavy atom. The van der Waals surface area contributed by atoms with Crippen LogP contribution < -0.4 is 0 Å². The highest BCUT2D eigenvalue weighted by molar-refractivity contribution is 4.69. The fraction of sp³-hybridized carbons (Fsp3) is 0.778. The second-order valence-corrected chi connectivity index (χ2v) is 2.83. The average molecular weight is 172 g/mol. The first-order valence-electron chi connectivity index (χ1n) is 4.48. The van der Waals surface area contributed by atoms with Gasteiger partial charge in [-0.3, -0.25) is 0 Å². The lowest BCUT2D eigenvalue weighted by molar-refractivity contribution is -0.364. The topological polar surface area (TPSA) is 27.7 Å². The molecule has 1 rings (SSSR count). The summed E-state index contributed by atoms with van der Waals surface area (Å²) in [6.45, 7) is 2.23. The molecule has 0 N–H and O–H groups in total. The molecule has 0 aromatic rings. The number of hydrogen-bond donors (Lipinski definition) is 0. The van der Waals surface area contributed by atoms with Gasteiger partial charge < -0.3 is 4.74 Å². The molecule has 0 atom stereocenters. The van der Waals surface area contributed by atoms with Gasteiger partial charge in [-0.25, -0.2) is 4.89 Å². The fourth-order valence-corrected chi connectivity index (χ4v) is 0.822.